The van der Waals surface area contributed by atoms with Crippen LogP contribution in [0.1, 0.15) is 16.8 Å². The number of rotatable bonds is 3. The molecule has 3 N–H and O–H groups in total. The second kappa shape index (κ2) is 9.97. The Morgan fingerprint density at radius 2 is 1.39 bits per heavy atom. The van der Waals surface area contributed by atoms with Gasteiger partial charge in [-0.3, -0.25) is 9.59 Å². The standard InChI is InChI=1S/C14H17F2N3O2.C2HF3O2/c15-11-7-10(8-12(16)9-11)14(21)19-5-3-18(4-6-19)13(20)1-2-17;3-2(4,5)1(6)7/h7-9H,1-6,17H2;(H,6,7). The quantitative estimate of drug-likeness (QED) is 0.729. The van der Waals surface area contributed by atoms with Crippen molar-refractivity contribution in [3.05, 3.63) is 35.4 Å². The SMILES string of the molecule is NCCC(=O)N1CCN(C(=O)c2cc(F)cc(F)c2)CC1.O=C(O)C(F)(F)F. The van der Waals surface area contributed by atoms with Crippen LogP contribution in [0.3, 0.4) is 0 Å². The van der Waals surface area contributed by atoms with Crippen LogP contribution in [-0.4, -0.2) is 71.6 Å². The van der Waals surface area contributed by atoms with Crippen molar-refractivity contribution in [1.29, 1.82) is 0 Å². The van der Waals surface area contributed by atoms with Crippen LogP contribution in [0.5, 0.6) is 0 Å². The normalized spacial score (nSPS) is 14.2. The van der Waals surface area contributed by atoms with Crippen molar-refractivity contribution in [3.8, 4) is 0 Å². The molecular formula is C16H18F5N3O4. The third kappa shape index (κ3) is 7.10. The number of carbonyl (C=O) groups excluding carboxylic acids is 2. The molecule has 1 heterocycles. The summed E-state index contributed by atoms with van der Waals surface area (Å²) in [6.07, 6.45) is -4.80. The van der Waals surface area contributed by atoms with Crippen molar-refractivity contribution in [2.75, 3.05) is 32.7 Å². The smallest absolute Gasteiger partial charge is 0.475 e. The Hall–Kier alpha value is -2.76. The molecule has 1 fully saturated rings. The van der Waals surface area contributed by atoms with Crippen LogP contribution in [0.2, 0.25) is 0 Å². The summed E-state index contributed by atoms with van der Waals surface area (Å²) in [4.78, 5) is 35.9. The number of carbonyl (C=O) groups is 3. The summed E-state index contributed by atoms with van der Waals surface area (Å²) in [5.74, 6) is -4.79. The zero-order chi connectivity index (χ0) is 21.5. The summed E-state index contributed by atoms with van der Waals surface area (Å²) in [7, 11) is 0. The number of halogens is 5. The fourth-order valence-electron chi connectivity index (χ4n) is 2.30. The van der Waals surface area contributed by atoms with Crippen molar-refractivity contribution < 1.29 is 41.4 Å². The summed E-state index contributed by atoms with van der Waals surface area (Å²) >= 11 is 0. The topological polar surface area (TPSA) is 104 Å². The molecule has 0 spiro atoms. The second-order valence-corrected chi connectivity index (χ2v) is 5.67. The molecule has 0 unspecified atom stereocenters. The molecule has 2 amide bonds. The van der Waals surface area contributed by atoms with Crippen molar-refractivity contribution in [2.45, 2.75) is 12.6 Å². The van der Waals surface area contributed by atoms with Gasteiger partial charge in [0.25, 0.3) is 5.91 Å². The molecule has 1 aliphatic heterocycles. The van der Waals surface area contributed by atoms with Gasteiger partial charge in [-0.15, -0.1) is 0 Å². The van der Waals surface area contributed by atoms with Crippen LogP contribution in [0.25, 0.3) is 0 Å². The summed E-state index contributed by atoms with van der Waals surface area (Å²) in [6, 6.07) is 2.74. The summed E-state index contributed by atoms with van der Waals surface area (Å²) in [5, 5.41) is 7.12. The molecule has 0 aromatic heterocycles. The van der Waals surface area contributed by atoms with E-state index in [-0.39, 0.29) is 17.9 Å². The first-order valence-electron chi connectivity index (χ1n) is 7.99. The Morgan fingerprint density at radius 3 is 1.79 bits per heavy atom. The molecule has 1 saturated heterocycles. The van der Waals surface area contributed by atoms with E-state index in [9.17, 15) is 31.5 Å². The lowest BCUT2D eigenvalue weighted by Gasteiger charge is -2.34. The summed E-state index contributed by atoms with van der Waals surface area (Å²) in [5.41, 5.74) is 5.31. The molecule has 28 heavy (non-hydrogen) atoms. The maximum Gasteiger partial charge on any atom is 0.490 e. The fraction of sp³-hybridized carbons (Fsp3) is 0.438. The molecule has 12 heteroatoms. The zero-order valence-corrected chi connectivity index (χ0v) is 14.5. The van der Waals surface area contributed by atoms with E-state index >= 15 is 0 Å². The minimum Gasteiger partial charge on any atom is -0.475 e. The zero-order valence-electron chi connectivity index (χ0n) is 14.5. The molecule has 156 valence electrons. The van der Waals surface area contributed by atoms with Crippen LogP contribution in [-0.2, 0) is 9.59 Å². The summed E-state index contributed by atoms with van der Waals surface area (Å²) < 4.78 is 58.0. The largest absolute Gasteiger partial charge is 0.490 e. The minimum atomic E-state index is -5.08. The molecule has 1 aromatic rings. The highest BCUT2D eigenvalue weighted by Gasteiger charge is 2.38. The number of nitrogens with two attached hydrogens (primary N) is 1. The van der Waals surface area contributed by atoms with Crippen LogP contribution < -0.4 is 5.73 Å². The third-order valence-electron chi connectivity index (χ3n) is 3.63. The van der Waals surface area contributed by atoms with Gasteiger partial charge in [0.2, 0.25) is 5.91 Å². The monoisotopic (exact) mass is 411 g/mol. The van der Waals surface area contributed by atoms with Gasteiger partial charge >= 0.3 is 12.1 Å². The second-order valence-electron chi connectivity index (χ2n) is 5.67. The number of amides is 2. The van der Waals surface area contributed by atoms with Gasteiger partial charge < -0.3 is 20.6 Å². The highest BCUT2D eigenvalue weighted by atomic mass is 19.4. The van der Waals surface area contributed by atoms with Gasteiger partial charge in [-0.1, -0.05) is 0 Å². The predicted molar refractivity (Wildman–Crippen MR) is 86.2 cm³/mol. The first-order chi connectivity index (χ1) is 13.0. The number of hydrogen-bond acceptors (Lipinski definition) is 4. The lowest BCUT2D eigenvalue weighted by molar-refractivity contribution is -0.192. The Labute approximate surface area is 156 Å². The minimum absolute atomic E-state index is 0.0192. The van der Waals surface area contributed by atoms with Gasteiger partial charge in [0, 0.05) is 50.8 Å². The van der Waals surface area contributed by atoms with E-state index in [1.807, 2.05) is 0 Å². The van der Waals surface area contributed by atoms with Gasteiger partial charge in [-0.05, 0) is 12.1 Å². The Bertz CT molecular complexity index is 698. The van der Waals surface area contributed by atoms with Gasteiger partial charge in [0.15, 0.2) is 0 Å². The van der Waals surface area contributed by atoms with E-state index in [1.54, 1.807) is 4.90 Å². The summed E-state index contributed by atoms with van der Waals surface area (Å²) in [6.45, 7) is 1.78. The Balaban J connectivity index is 0.000000480. The van der Waals surface area contributed by atoms with Crippen LogP contribution in [0.4, 0.5) is 22.0 Å². The van der Waals surface area contributed by atoms with E-state index in [1.165, 1.54) is 4.90 Å². The lowest BCUT2D eigenvalue weighted by atomic mass is 10.1. The molecule has 0 aliphatic carbocycles. The predicted octanol–water partition coefficient (Wildman–Crippen LogP) is 1.23. The van der Waals surface area contributed by atoms with Crippen LogP contribution in [0.15, 0.2) is 18.2 Å². The Kier molecular flexibility index (Phi) is 8.29. The van der Waals surface area contributed by atoms with Crippen LogP contribution >= 0.6 is 0 Å². The average molecular weight is 411 g/mol. The number of aliphatic carboxylic acids is 1. The Morgan fingerprint density at radius 1 is 0.964 bits per heavy atom. The van der Waals surface area contributed by atoms with E-state index < -0.39 is 29.7 Å². The lowest BCUT2D eigenvalue weighted by Crippen LogP contribution is -2.50. The maximum atomic E-state index is 13.1. The molecule has 2 rings (SSSR count). The van der Waals surface area contributed by atoms with Gasteiger partial charge in [0.1, 0.15) is 11.6 Å². The molecule has 0 saturated carbocycles. The molecule has 7 nitrogen and oxygen atoms in total. The van der Waals surface area contributed by atoms with E-state index in [4.69, 9.17) is 15.6 Å². The molecule has 0 bridgehead atoms. The van der Waals surface area contributed by atoms with Crippen molar-refractivity contribution in [3.63, 3.8) is 0 Å². The maximum absolute atomic E-state index is 13.1. The first-order valence-corrected chi connectivity index (χ1v) is 7.99. The highest BCUT2D eigenvalue weighted by molar-refractivity contribution is 5.94. The van der Waals surface area contributed by atoms with Crippen molar-refractivity contribution >= 4 is 17.8 Å². The number of carboxylic acids is 1. The van der Waals surface area contributed by atoms with Gasteiger partial charge in [-0.2, -0.15) is 13.2 Å². The van der Waals surface area contributed by atoms with Crippen LogP contribution in [0, 0.1) is 11.6 Å². The molecule has 1 aliphatic rings. The third-order valence-corrected chi connectivity index (χ3v) is 3.63. The van der Waals surface area contributed by atoms with E-state index in [0.717, 1.165) is 18.2 Å². The molecular weight excluding hydrogens is 393 g/mol. The number of alkyl halides is 3. The molecule has 0 radical (unpaired) electrons. The number of benzene rings is 1. The molecule has 0 atom stereocenters. The number of carboxylic acid groups (broad SMARTS) is 1. The van der Waals surface area contributed by atoms with Crippen molar-refractivity contribution in [2.24, 2.45) is 5.73 Å². The number of nitrogens with zero attached hydrogens (tertiary/aromatic N) is 2. The molecule has 1 aromatic carbocycles. The highest BCUT2D eigenvalue weighted by Crippen LogP contribution is 2.14. The van der Waals surface area contributed by atoms with E-state index in [2.05, 4.69) is 0 Å². The van der Waals surface area contributed by atoms with Gasteiger partial charge in [0.05, 0.1) is 0 Å². The first kappa shape index (κ1) is 23.3. The number of hydrogen-bond donors (Lipinski definition) is 2. The van der Waals surface area contributed by atoms with Gasteiger partial charge in [-0.25, -0.2) is 13.6 Å². The van der Waals surface area contributed by atoms with Crippen molar-refractivity contribution in [1.82, 2.24) is 9.80 Å². The van der Waals surface area contributed by atoms with E-state index in [0.29, 0.717) is 32.7 Å². The number of piperazine rings is 1. The fourth-order valence-corrected chi connectivity index (χ4v) is 2.30. The average Bonchev–Trinajstić information content (AvgIpc) is 2.60.